The van der Waals surface area contributed by atoms with Gasteiger partial charge in [-0.2, -0.15) is 0 Å². The van der Waals surface area contributed by atoms with Gasteiger partial charge in [0.05, 0.1) is 0 Å². The molecule has 4 unspecified atom stereocenters. The van der Waals surface area contributed by atoms with Crippen LogP contribution in [-0.2, 0) is 0 Å². The van der Waals surface area contributed by atoms with E-state index in [4.69, 9.17) is 15.0 Å². The number of fused-ring (bicyclic) bond motifs is 6. The Morgan fingerprint density at radius 1 is 0.625 bits per heavy atom. The summed E-state index contributed by atoms with van der Waals surface area (Å²) in [7, 11) is 0. The minimum absolute atomic E-state index is 0.875. The first-order valence-corrected chi connectivity index (χ1v) is 12.7. The zero-order valence-electron chi connectivity index (χ0n) is 19.2. The number of carbonyl (C=O) groups is 1. The molecule has 0 aliphatic heterocycles. The van der Waals surface area contributed by atoms with E-state index in [1.807, 2.05) is 0 Å². The Morgan fingerprint density at radius 3 is 1.50 bits per heavy atom. The van der Waals surface area contributed by atoms with Crippen LogP contribution in [-0.4, -0.2) is 16.4 Å². The number of carboxylic acid groups (broad SMARTS) is 2. The van der Waals surface area contributed by atoms with E-state index in [2.05, 4.69) is 48.6 Å². The summed E-state index contributed by atoms with van der Waals surface area (Å²) in [6, 6.07) is 0. The smallest absolute Gasteiger partial charge is 0.450 e. The Morgan fingerprint density at radius 2 is 1.06 bits per heavy atom. The summed E-state index contributed by atoms with van der Waals surface area (Å²) < 4.78 is 0. The molecular formula is C29H38O3. The zero-order chi connectivity index (χ0) is 22.3. The molecule has 0 aromatic rings. The lowest BCUT2D eigenvalue weighted by Gasteiger charge is -2.37. The van der Waals surface area contributed by atoms with Crippen LogP contribution in [0.4, 0.5) is 4.79 Å². The van der Waals surface area contributed by atoms with Crippen molar-refractivity contribution in [3.63, 3.8) is 0 Å². The molecule has 6 aliphatic carbocycles. The van der Waals surface area contributed by atoms with E-state index in [1.165, 1.54) is 77.0 Å². The first-order chi connectivity index (χ1) is 15.6. The SMILES string of the molecule is C1=CC2=CC=C3CCCCC3C2CC1.C1=CC2=CC=C3CCCCC3C2CC1.O=C(O)O. The Bertz CT molecular complexity index is 797. The quantitative estimate of drug-likeness (QED) is 0.403. The molecule has 4 atom stereocenters. The fraction of sp³-hybridized carbons (Fsp3) is 0.552. The predicted octanol–water partition coefficient (Wildman–Crippen LogP) is 8.24. The van der Waals surface area contributed by atoms with Crippen molar-refractivity contribution >= 4 is 6.16 Å². The molecule has 32 heavy (non-hydrogen) atoms. The first kappa shape index (κ1) is 22.9. The topological polar surface area (TPSA) is 57.5 Å². The molecule has 2 fully saturated rings. The van der Waals surface area contributed by atoms with Gasteiger partial charge in [0.15, 0.2) is 0 Å². The van der Waals surface area contributed by atoms with Crippen molar-refractivity contribution in [2.75, 3.05) is 0 Å². The van der Waals surface area contributed by atoms with Gasteiger partial charge in [-0.05, 0) is 99.0 Å². The summed E-state index contributed by atoms with van der Waals surface area (Å²) in [6.07, 6.45) is 33.9. The van der Waals surface area contributed by atoms with Gasteiger partial charge >= 0.3 is 6.16 Å². The van der Waals surface area contributed by atoms with Gasteiger partial charge < -0.3 is 10.2 Å². The molecule has 6 rings (SSSR count). The lowest BCUT2D eigenvalue weighted by molar-refractivity contribution is 0.137. The first-order valence-electron chi connectivity index (χ1n) is 12.7. The molecule has 0 spiro atoms. The standard InChI is InChI=1S/2C14H18.CH2O3/c2*1-3-7-13-11(5-1)9-10-12-6-2-4-8-14(12)13;2-1(3)4/h2*1,5,9-10,13-14H,2-4,6-8H2;(H2,2,3,4). The van der Waals surface area contributed by atoms with Crippen LogP contribution in [0.15, 0.2) is 70.9 Å². The molecule has 3 heteroatoms. The van der Waals surface area contributed by atoms with Crippen LogP contribution < -0.4 is 0 Å². The lowest BCUT2D eigenvalue weighted by atomic mass is 9.68. The molecule has 0 bridgehead atoms. The normalized spacial score (nSPS) is 31.8. The summed E-state index contributed by atoms with van der Waals surface area (Å²) in [5, 5.41) is 13.9. The molecule has 0 aromatic carbocycles. The highest BCUT2D eigenvalue weighted by Gasteiger charge is 2.32. The van der Waals surface area contributed by atoms with E-state index >= 15 is 0 Å². The van der Waals surface area contributed by atoms with Gasteiger partial charge in [0.2, 0.25) is 0 Å². The fourth-order valence-corrected chi connectivity index (χ4v) is 6.66. The van der Waals surface area contributed by atoms with Crippen molar-refractivity contribution < 1.29 is 15.0 Å². The molecule has 6 aliphatic rings. The molecule has 0 aromatic heterocycles. The van der Waals surface area contributed by atoms with Crippen molar-refractivity contribution in [1.29, 1.82) is 0 Å². The second-order valence-corrected chi connectivity index (χ2v) is 9.98. The van der Waals surface area contributed by atoms with Gasteiger partial charge in [-0.15, -0.1) is 0 Å². The lowest BCUT2D eigenvalue weighted by Crippen LogP contribution is -2.25. The molecule has 2 N–H and O–H groups in total. The Kier molecular flexibility index (Phi) is 7.89. The third-order valence-electron chi connectivity index (χ3n) is 8.13. The average Bonchev–Trinajstić information content (AvgIpc) is 2.84. The van der Waals surface area contributed by atoms with Gasteiger partial charge in [-0.3, -0.25) is 0 Å². The van der Waals surface area contributed by atoms with Crippen LogP contribution in [0.25, 0.3) is 0 Å². The molecule has 3 nitrogen and oxygen atoms in total. The maximum atomic E-state index is 8.56. The van der Waals surface area contributed by atoms with Crippen molar-refractivity contribution in [3.05, 3.63) is 70.9 Å². The summed E-state index contributed by atoms with van der Waals surface area (Å²) >= 11 is 0. The Hall–Kier alpha value is -2.29. The van der Waals surface area contributed by atoms with Crippen molar-refractivity contribution in [2.24, 2.45) is 23.7 Å². The monoisotopic (exact) mass is 434 g/mol. The molecular weight excluding hydrogens is 396 g/mol. The van der Waals surface area contributed by atoms with Crippen molar-refractivity contribution in [2.45, 2.75) is 77.0 Å². The molecule has 172 valence electrons. The molecule has 2 saturated carbocycles. The average molecular weight is 435 g/mol. The minimum Gasteiger partial charge on any atom is -0.450 e. The van der Waals surface area contributed by atoms with E-state index in [9.17, 15) is 0 Å². The number of rotatable bonds is 0. The third-order valence-corrected chi connectivity index (χ3v) is 8.13. The molecule has 0 amide bonds. The van der Waals surface area contributed by atoms with E-state index < -0.39 is 6.16 Å². The summed E-state index contributed by atoms with van der Waals surface area (Å²) in [5.41, 5.74) is 6.71. The van der Waals surface area contributed by atoms with Crippen LogP contribution in [0.1, 0.15) is 77.0 Å². The van der Waals surface area contributed by atoms with Crippen LogP contribution in [0.3, 0.4) is 0 Å². The maximum absolute atomic E-state index is 8.56. The molecule has 0 saturated heterocycles. The van der Waals surface area contributed by atoms with Gasteiger partial charge in [0.1, 0.15) is 0 Å². The van der Waals surface area contributed by atoms with Crippen LogP contribution in [0, 0.1) is 23.7 Å². The van der Waals surface area contributed by atoms with Crippen molar-refractivity contribution in [1.82, 2.24) is 0 Å². The van der Waals surface area contributed by atoms with Crippen molar-refractivity contribution in [3.8, 4) is 0 Å². The van der Waals surface area contributed by atoms with E-state index in [0.29, 0.717) is 0 Å². The highest BCUT2D eigenvalue weighted by molar-refractivity contribution is 5.53. The summed E-state index contributed by atoms with van der Waals surface area (Å²) in [5.74, 6) is 3.57. The highest BCUT2D eigenvalue weighted by atomic mass is 16.6. The van der Waals surface area contributed by atoms with Gasteiger partial charge in [-0.25, -0.2) is 4.79 Å². The van der Waals surface area contributed by atoms with E-state index in [0.717, 1.165) is 23.7 Å². The number of allylic oxidation sites excluding steroid dienone is 12. The van der Waals surface area contributed by atoms with Crippen LogP contribution in [0.5, 0.6) is 0 Å². The minimum atomic E-state index is -1.83. The molecule has 0 heterocycles. The Balaban J connectivity index is 0.000000132. The second kappa shape index (κ2) is 11.0. The zero-order valence-corrected chi connectivity index (χ0v) is 19.2. The Labute approximate surface area is 193 Å². The maximum Gasteiger partial charge on any atom is 0.503 e. The molecule has 0 radical (unpaired) electrons. The second-order valence-electron chi connectivity index (χ2n) is 9.98. The van der Waals surface area contributed by atoms with Gasteiger partial charge in [0, 0.05) is 0 Å². The van der Waals surface area contributed by atoms with Gasteiger partial charge in [0.25, 0.3) is 0 Å². The summed E-state index contributed by atoms with van der Waals surface area (Å²) in [6.45, 7) is 0. The largest absolute Gasteiger partial charge is 0.503 e. The van der Waals surface area contributed by atoms with E-state index in [1.54, 1.807) is 22.3 Å². The van der Waals surface area contributed by atoms with Crippen LogP contribution in [0.2, 0.25) is 0 Å². The fourth-order valence-electron chi connectivity index (χ4n) is 6.66. The predicted molar refractivity (Wildman–Crippen MR) is 131 cm³/mol. The van der Waals surface area contributed by atoms with Crippen LogP contribution >= 0.6 is 0 Å². The van der Waals surface area contributed by atoms with E-state index in [-0.39, 0.29) is 0 Å². The third kappa shape index (κ3) is 5.54. The van der Waals surface area contributed by atoms with Gasteiger partial charge in [-0.1, -0.05) is 72.6 Å². The highest BCUT2D eigenvalue weighted by Crippen LogP contribution is 2.45. The number of hydrogen-bond donors (Lipinski definition) is 2. The summed E-state index contributed by atoms with van der Waals surface area (Å²) in [4.78, 5) is 8.56. The number of hydrogen-bond acceptors (Lipinski definition) is 1.